The van der Waals surface area contributed by atoms with Gasteiger partial charge in [0.2, 0.25) is 0 Å². The molecule has 26 heavy (non-hydrogen) atoms. The lowest BCUT2D eigenvalue weighted by atomic mass is 10.1. The Kier molecular flexibility index (Phi) is 4.64. The average molecular weight is 347 g/mol. The minimum atomic E-state index is 0.818. The van der Waals surface area contributed by atoms with Crippen LogP contribution in [-0.2, 0) is 0 Å². The van der Waals surface area contributed by atoms with Crippen LogP contribution in [0.2, 0.25) is 0 Å². The lowest BCUT2D eigenvalue weighted by Crippen LogP contribution is -2.47. The molecular weight excluding hydrogens is 326 g/mol. The van der Waals surface area contributed by atoms with Crippen LogP contribution in [0.5, 0.6) is 5.75 Å². The van der Waals surface area contributed by atoms with Crippen LogP contribution >= 0.6 is 0 Å². The van der Waals surface area contributed by atoms with Gasteiger partial charge < -0.3 is 14.5 Å². The normalized spacial score (nSPS) is 14.3. The van der Waals surface area contributed by atoms with Gasteiger partial charge in [0.15, 0.2) is 0 Å². The predicted molar refractivity (Wildman–Crippen MR) is 103 cm³/mol. The van der Waals surface area contributed by atoms with Crippen molar-refractivity contribution in [2.24, 2.45) is 0 Å². The van der Waals surface area contributed by atoms with Crippen LogP contribution in [-0.4, -0.2) is 48.2 Å². The highest BCUT2D eigenvalue weighted by molar-refractivity contribution is 5.62. The van der Waals surface area contributed by atoms with Crippen molar-refractivity contribution in [3.8, 4) is 17.0 Å². The smallest absolute Gasteiger partial charge is 0.147 e. The first kappa shape index (κ1) is 16.3. The van der Waals surface area contributed by atoms with Crippen LogP contribution in [0.1, 0.15) is 0 Å². The molecular formula is C20H21N5O. The fourth-order valence-electron chi connectivity index (χ4n) is 3.13. The Morgan fingerprint density at radius 1 is 0.885 bits per heavy atom. The molecule has 1 fully saturated rings. The maximum Gasteiger partial charge on any atom is 0.147 e. The van der Waals surface area contributed by atoms with E-state index in [0.29, 0.717) is 0 Å². The van der Waals surface area contributed by atoms with Crippen LogP contribution in [0.15, 0.2) is 61.1 Å². The summed E-state index contributed by atoms with van der Waals surface area (Å²) in [6, 6.07) is 13.9. The SMILES string of the molecule is COc1cccc(-c2cncc(N3CCN(c4ccccn4)CC3)n2)c1. The molecule has 0 unspecified atom stereocenters. The Bertz CT molecular complexity index is 863. The van der Waals surface area contributed by atoms with Gasteiger partial charge in [-0.1, -0.05) is 18.2 Å². The summed E-state index contributed by atoms with van der Waals surface area (Å²) in [4.78, 5) is 18.2. The minimum Gasteiger partial charge on any atom is -0.497 e. The van der Waals surface area contributed by atoms with Gasteiger partial charge in [-0.3, -0.25) is 4.98 Å². The molecule has 0 amide bonds. The minimum absolute atomic E-state index is 0.818. The predicted octanol–water partition coefficient (Wildman–Crippen LogP) is 2.87. The maximum absolute atomic E-state index is 5.31. The second kappa shape index (κ2) is 7.39. The van der Waals surface area contributed by atoms with Crippen molar-refractivity contribution in [1.29, 1.82) is 0 Å². The highest BCUT2D eigenvalue weighted by atomic mass is 16.5. The van der Waals surface area contributed by atoms with Crippen molar-refractivity contribution in [1.82, 2.24) is 15.0 Å². The molecule has 3 aromatic rings. The Hall–Kier alpha value is -3.15. The van der Waals surface area contributed by atoms with Gasteiger partial charge in [0.05, 0.1) is 25.2 Å². The number of anilines is 2. The van der Waals surface area contributed by atoms with Crippen molar-refractivity contribution >= 4 is 11.6 Å². The van der Waals surface area contributed by atoms with Crippen LogP contribution in [0, 0.1) is 0 Å². The monoisotopic (exact) mass is 347 g/mol. The number of piperazine rings is 1. The molecule has 0 radical (unpaired) electrons. The number of rotatable bonds is 4. The van der Waals surface area contributed by atoms with Gasteiger partial charge >= 0.3 is 0 Å². The van der Waals surface area contributed by atoms with Crippen molar-refractivity contribution in [3.05, 3.63) is 61.1 Å². The number of hydrogen-bond acceptors (Lipinski definition) is 6. The standard InChI is InChI=1S/C20H21N5O/c1-26-17-6-4-5-16(13-17)18-14-21-15-20(23-18)25-11-9-24(10-12-25)19-7-2-3-8-22-19/h2-8,13-15H,9-12H2,1H3. The third-order valence-electron chi connectivity index (χ3n) is 4.56. The first-order valence-corrected chi connectivity index (χ1v) is 8.71. The zero-order valence-corrected chi connectivity index (χ0v) is 14.7. The summed E-state index contributed by atoms with van der Waals surface area (Å²) in [5, 5.41) is 0. The van der Waals surface area contributed by atoms with Gasteiger partial charge in [-0.15, -0.1) is 0 Å². The van der Waals surface area contributed by atoms with E-state index in [0.717, 1.165) is 54.8 Å². The van der Waals surface area contributed by atoms with E-state index in [-0.39, 0.29) is 0 Å². The first-order chi connectivity index (χ1) is 12.8. The summed E-state index contributed by atoms with van der Waals surface area (Å²) in [5.41, 5.74) is 1.86. The Balaban J connectivity index is 1.49. The molecule has 1 saturated heterocycles. The van der Waals surface area contributed by atoms with E-state index >= 15 is 0 Å². The number of methoxy groups -OCH3 is 1. The molecule has 0 bridgehead atoms. The van der Waals surface area contributed by atoms with Crippen molar-refractivity contribution in [2.75, 3.05) is 43.1 Å². The molecule has 3 heterocycles. The van der Waals surface area contributed by atoms with Gasteiger partial charge in [-0.2, -0.15) is 0 Å². The van der Waals surface area contributed by atoms with Crippen LogP contribution in [0.3, 0.4) is 0 Å². The fourth-order valence-corrected chi connectivity index (χ4v) is 3.13. The molecule has 1 aliphatic rings. The van der Waals surface area contributed by atoms with Gasteiger partial charge in [-0.05, 0) is 24.3 Å². The quantitative estimate of drug-likeness (QED) is 0.723. The van der Waals surface area contributed by atoms with Crippen LogP contribution < -0.4 is 14.5 Å². The van der Waals surface area contributed by atoms with E-state index < -0.39 is 0 Å². The summed E-state index contributed by atoms with van der Waals surface area (Å²) in [6.07, 6.45) is 5.47. The lowest BCUT2D eigenvalue weighted by Gasteiger charge is -2.36. The molecule has 2 aromatic heterocycles. The first-order valence-electron chi connectivity index (χ1n) is 8.71. The molecule has 0 saturated carbocycles. The summed E-state index contributed by atoms with van der Waals surface area (Å²) in [6.45, 7) is 3.63. The fraction of sp³-hybridized carbons (Fsp3) is 0.250. The van der Waals surface area contributed by atoms with Crippen LogP contribution in [0.25, 0.3) is 11.3 Å². The summed E-state index contributed by atoms with van der Waals surface area (Å²) < 4.78 is 5.31. The summed E-state index contributed by atoms with van der Waals surface area (Å²) >= 11 is 0. The summed E-state index contributed by atoms with van der Waals surface area (Å²) in [7, 11) is 1.67. The molecule has 0 N–H and O–H groups in total. The molecule has 4 rings (SSSR count). The van der Waals surface area contributed by atoms with Gasteiger partial charge in [0.25, 0.3) is 0 Å². The van der Waals surface area contributed by atoms with Gasteiger partial charge in [-0.25, -0.2) is 9.97 Å². The Morgan fingerprint density at radius 2 is 1.69 bits per heavy atom. The van der Waals surface area contributed by atoms with E-state index in [2.05, 4.69) is 25.8 Å². The highest BCUT2D eigenvalue weighted by Gasteiger charge is 2.19. The summed E-state index contributed by atoms with van der Waals surface area (Å²) in [5.74, 6) is 2.76. The number of nitrogens with zero attached hydrogens (tertiary/aromatic N) is 5. The average Bonchev–Trinajstić information content (AvgIpc) is 2.75. The number of aromatic nitrogens is 3. The topological polar surface area (TPSA) is 54.4 Å². The second-order valence-corrected chi connectivity index (χ2v) is 6.16. The highest BCUT2D eigenvalue weighted by Crippen LogP contribution is 2.24. The maximum atomic E-state index is 5.31. The molecule has 0 atom stereocenters. The van der Waals surface area contributed by atoms with E-state index in [4.69, 9.17) is 9.72 Å². The van der Waals surface area contributed by atoms with Gasteiger partial charge in [0.1, 0.15) is 17.4 Å². The van der Waals surface area contributed by atoms with Crippen molar-refractivity contribution in [2.45, 2.75) is 0 Å². The molecule has 6 heteroatoms. The lowest BCUT2D eigenvalue weighted by molar-refractivity contribution is 0.415. The second-order valence-electron chi connectivity index (χ2n) is 6.16. The van der Waals surface area contributed by atoms with E-state index in [1.807, 2.05) is 48.8 Å². The van der Waals surface area contributed by atoms with Crippen LogP contribution in [0.4, 0.5) is 11.6 Å². The Labute approximate surface area is 153 Å². The number of benzene rings is 1. The number of pyridine rings is 1. The van der Waals surface area contributed by atoms with E-state index in [1.165, 1.54) is 0 Å². The van der Waals surface area contributed by atoms with E-state index in [1.54, 1.807) is 13.3 Å². The van der Waals surface area contributed by atoms with Gasteiger partial charge in [0, 0.05) is 37.9 Å². The third kappa shape index (κ3) is 3.44. The largest absolute Gasteiger partial charge is 0.497 e. The number of ether oxygens (including phenoxy) is 1. The Morgan fingerprint density at radius 3 is 2.42 bits per heavy atom. The molecule has 1 aliphatic heterocycles. The third-order valence-corrected chi connectivity index (χ3v) is 4.56. The molecule has 6 nitrogen and oxygen atoms in total. The van der Waals surface area contributed by atoms with Crippen molar-refractivity contribution < 1.29 is 4.74 Å². The number of hydrogen-bond donors (Lipinski definition) is 0. The molecule has 0 spiro atoms. The van der Waals surface area contributed by atoms with E-state index in [9.17, 15) is 0 Å². The van der Waals surface area contributed by atoms with Crippen molar-refractivity contribution in [3.63, 3.8) is 0 Å². The molecule has 132 valence electrons. The molecule has 0 aliphatic carbocycles. The zero-order valence-electron chi connectivity index (χ0n) is 14.7. The molecule has 1 aromatic carbocycles. The zero-order chi connectivity index (χ0) is 17.8.